The number of nitrogens with zero attached hydrogens (tertiary/aromatic N) is 2. The van der Waals surface area contributed by atoms with Crippen LogP contribution in [-0.4, -0.2) is 50.2 Å². The quantitative estimate of drug-likeness (QED) is 0.401. The van der Waals surface area contributed by atoms with E-state index in [9.17, 15) is 10.1 Å². The van der Waals surface area contributed by atoms with E-state index >= 15 is 0 Å². The molecule has 0 saturated carbocycles. The average Bonchev–Trinajstić information content (AvgIpc) is 2.77. The summed E-state index contributed by atoms with van der Waals surface area (Å²) in [5, 5.41) is 15.6. The fourth-order valence-corrected chi connectivity index (χ4v) is 4.00. The molecular formula is C23H32N4O2. The Balaban J connectivity index is 1.54. The summed E-state index contributed by atoms with van der Waals surface area (Å²) >= 11 is 0. The molecule has 1 unspecified atom stereocenters. The molecule has 0 radical (unpaired) electrons. The number of aryl methyl sites for hydroxylation is 2. The van der Waals surface area contributed by atoms with Crippen molar-refractivity contribution in [2.45, 2.75) is 45.1 Å². The third-order valence-electron chi connectivity index (χ3n) is 5.78. The predicted molar refractivity (Wildman–Crippen MR) is 113 cm³/mol. The zero-order valence-electron chi connectivity index (χ0n) is 17.4. The molecule has 0 spiro atoms. The average molecular weight is 397 g/mol. The summed E-state index contributed by atoms with van der Waals surface area (Å²) < 4.78 is 5.34. The molecule has 1 aromatic carbocycles. The molecule has 1 atom stereocenters. The highest BCUT2D eigenvalue weighted by Crippen LogP contribution is 2.26. The molecule has 1 amide bonds. The number of fused-ring (bicyclic) bond motifs is 1. The Labute approximate surface area is 173 Å². The van der Waals surface area contributed by atoms with Crippen molar-refractivity contribution >= 4 is 5.91 Å². The summed E-state index contributed by atoms with van der Waals surface area (Å²) in [6.07, 6.45) is 7.08. The van der Waals surface area contributed by atoms with Crippen molar-refractivity contribution in [1.82, 2.24) is 15.5 Å². The van der Waals surface area contributed by atoms with Gasteiger partial charge in [0.1, 0.15) is 11.6 Å². The van der Waals surface area contributed by atoms with Gasteiger partial charge in [0, 0.05) is 32.4 Å². The minimum absolute atomic E-state index is 0.0835. The number of carbonyl (C=O) groups excluding carboxylic acids is 1. The number of nitrogens with one attached hydrogen (secondary N) is 2. The Morgan fingerprint density at radius 2 is 2.03 bits per heavy atom. The van der Waals surface area contributed by atoms with Gasteiger partial charge in [-0.15, -0.1) is 0 Å². The third-order valence-corrected chi connectivity index (χ3v) is 5.78. The number of hydrogen-bond donors (Lipinski definition) is 2. The molecule has 1 saturated heterocycles. The minimum atomic E-state index is -0.323. The molecule has 6 heteroatoms. The van der Waals surface area contributed by atoms with Crippen LogP contribution in [0.15, 0.2) is 30.0 Å². The van der Waals surface area contributed by atoms with Gasteiger partial charge in [0.05, 0.1) is 19.3 Å². The van der Waals surface area contributed by atoms with Gasteiger partial charge in [-0.1, -0.05) is 25.1 Å². The lowest BCUT2D eigenvalue weighted by Crippen LogP contribution is -2.39. The van der Waals surface area contributed by atoms with E-state index in [1.54, 1.807) is 0 Å². The van der Waals surface area contributed by atoms with E-state index < -0.39 is 0 Å². The second kappa shape index (κ2) is 11.0. The van der Waals surface area contributed by atoms with E-state index in [1.807, 2.05) is 6.07 Å². The minimum Gasteiger partial charge on any atom is -0.388 e. The van der Waals surface area contributed by atoms with Crippen LogP contribution in [0, 0.1) is 11.3 Å². The van der Waals surface area contributed by atoms with Crippen molar-refractivity contribution < 1.29 is 9.53 Å². The highest BCUT2D eigenvalue weighted by Gasteiger charge is 2.18. The first-order valence-corrected chi connectivity index (χ1v) is 10.8. The van der Waals surface area contributed by atoms with Crippen molar-refractivity contribution in [3.05, 3.63) is 46.7 Å². The normalized spacial score (nSPS) is 18.4. The monoisotopic (exact) mass is 396 g/mol. The first-order valence-electron chi connectivity index (χ1n) is 10.8. The van der Waals surface area contributed by atoms with Gasteiger partial charge in [-0.2, -0.15) is 5.26 Å². The number of amides is 1. The van der Waals surface area contributed by atoms with Crippen LogP contribution >= 0.6 is 0 Å². The number of carbonyl (C=O) groups is 1. The van der Waals surface area contributed by atoms with Crippen LogP contribution in [0.2, 0.25) is 0 Å². The smallest absolute Gasteiger partial charge is 0.263 e. The fourth-order valence-electron chi connectivity index (χ4n) is 4.00. The van der Waals surface area contributed by atoms with E-state index in [0.717, 1.165) is 57.7 Å². The van der Waals surface area contributed by atoms with Crippen LogP contribution in [-0.2, 0) is 22.4 Å². The van der Waals surface area contributed by atoms with E-state index in [2.05, 4.69) is 40.7 Å². The van der Waals surface area contributed by atoms with Gasteiger partial charge in [0.15, 0.2) is 0 Å². The van der Waals surface area contributed by atoms with Gasteiger partial charge in [0.2, 0.25) is 0 Å². The number of benzene rings is 1. The molecule has 1 aliphatic carbocycles. The van der Waals surface area contributed by atoms with E-state index in [4.69, 9.17) is 4.74 Å². The van der Waals surface area contributed by atoms with Gasteiger partial charge in [-0.25, -0.2) is 0 Å². The van der Waals surface area contributed by atoms with E-state index in [-0.39, 0.29) is 17.5 Å². The number of morpholine rings is 1. The molecule has 0 aromatic heterocycles. The van der Waals surface area contributed by atoms with E-state index in [1.165, 1.54) is 30.2 Å². The topological polar surface area (TPSA) is 77.4 Å². The van der Waals surface area contributed by atoms with Crippen molar-refractivity contribution in [3.8, 4) is 6.07 Å². The van der Waals surface area contributed by atoms with Crippen LogP contribution in [0.25, 0.3) is 0 Å². The Morgan fingerprint density at radius 1 is 1.28 bits per heavy atom. The van der Waals surface area contributed by atoms with Crippen molar-refractivity contribution in [1.29, 1.82) is 5.26 Å². The zero-order chi connectivity index (χ0) is 20.5. The first-order chi connectivity index (χ1) is 14.2. The van der Waals surface area contributed by atoms with Crippen LogP contribution in [0.5, 0.6) is 0 Å². The molecule has 2 aliphatic rings. The molecule has 156 valence electrons. The molecule has 3 rings (SSSR count). The Morgan fingerprint density at radius 3 is 2.76 bits per heavy atom. The van der Waals surface area contributed by atoms with Gasteiger partial charge in [-0.05, 0) is 48.8 Å². The van der Waals surface area contributed by atoms with Crippen molar-refractivity contribution in [2.75, 3.05) is 39.4 Å². The Hall–Kier alpha value is -2.36. The van der Waals surface area contributed by atoms with Crippen LogP contribution in [0.1, 0.15) is 48.9 Å². The molecule has 29 heavy (non-hydrogen) atoms. The number of nitriles is 1. The lowest BCUT2D eigenvalue weighted by Gasteiger charge is -2.26. The zero-order valence-corrected chi connectivity index (χ0v) is 17.4. The maximum atomic E-state index is 12.6. The molecular weight excluding hydrogens is 364 g/mol. The molecule has 1 aliphatic heterocycles. The van der Waals surface area contributed by atoms with Crippen LogP contribution < -0.4 is 10.6 Å². The lowest BCUT2D eigenvalue weighted by molar-refractivity contribution is -0.117. The Bertz CT molecular complexity index is 763. The van der Waals surface area contributed by atoms with Gasteiger partial charge < -0.3 is 15.4 Å². The number of hydrogen-bond acceptors (Lipinski definition) is 5. The SMILES string of the molecule is CCC(NC(=O)/C(C#N)=C\NCCN1CCOCC1)c1ccc2c(c1)CCCC2. The first kappa shape index (κ1) is 21.4. The molecule has 1 aromatic rings. The summed E-state index contributed by atoms with van der Waals surface area (Å²) in [5.74, 6) is -0.323. The summed E-state index contributed by atoms with van der Waals surface area (Å²) in [5.41, 5.74) is 4.08. The van der Waals surface area contributed by atoms with Crippen molar-refractivity contribution in [2.24, 2.45) is 0 Å². The van der Waals surface area contributed by atoms with Gasteiger partial charge in [-0.3, -0.25) is 9.69 Å². The highest BCUT2D eigenvalue weighted by atomic mass is 16.5. The molecule has 1 heterocycles. The lowest BCUT2D eigenvalue weighted by atomic mass is 9.88. The standard InChI is InChI=1S/C23H32N4O2/c1-2-22(20-8-7-18-5-3-4-6-19(18)15-20)26-23(28)21(16-24)17-25-9-10-27-11-13-29-14-12-27/h7-8,15,17,22,25H,2-6,9-14H2,1H3,(H,26,28)/b21-17-. The second-order valence-electron chi connectivity index (χ2n) is 7.75. The summed E-state index contributed by atoms with van der Waals surface area (Å²) in [6, 6.07) is 8.50. The third kappa shape index (κ3) is 6.06. The predicted octanol–water partition coefficient (Wildman–Crippen LogP) is 2.46. The maximum absolute atomic E-state index is 12.6. The molecule has 1 fully saturated rings. The van der Waals surface area contributed by atoms with Crippen molar-refractivity contribution in [3.63, 3.8) is 0 Å². The Kier molecular flexibility index (Phi) is 8.09. The molecule has 6 nitrogen and oxygen atoms in total. The highest BCUT2D eigenvalue weighted by molar-refractivity contribution is 5.97. The van der Waals surface area contributed by atoms with Gasteiger partial charge in [0.25, 0.3) is 5.91 Å². The van der Waals surface area contributed by atoms with Crippen LogP contribution in [0.4, 0.5) is 0 Å². The van der Waals surface area contributed by atoms with Crippen LogP contribution in [0.3, 0.4) is 0 Å². The fraction of sp³-hybridized carbons (Fsp3) is 0.565. The second-order valence-corrected chi connectivity index (χ2v) is 7.75. The maximum Gasteiger partial charge on any atom is 0.263 e. The largest absolute Gasteiger partial charge is 0.388 e. The molecule has 0 bridgehead atoms. The summed E-state index contributed by atoms with van der Waals surface area (Å²) in [4.78, 5) is 14.9. The summed E-state index contributed by atoms with van der Waals surface area (Å²) in [6.45, 7) is 7.01. The summed E-state index contributed by atoms with van der Waals surface area (Å²) in [7, 11) is 0. The molecule has 2 N–H and O–H groups in total. The number of rotatable bonds is 8. The van der Waals surface area contributed by atoms with Gasteiger partial charge >= 0.3 is 0 Å². The number of ether oxygens (including phenoxy) is 1. The van der Waals surface area contributed by atoms with E-state index in [0.29, 0.717) is 6.54 Å².